The molecule has 0 aromatic heterocycles. The molecule has 0 fully saturated rings. The normalized spacial score (nSPS) is 15.8. The number of ether oxygens (including phenoxy) is 1. The minimum atomic E-state index is -4.83. The standard InChI is InChI=1S/C11H10F3NO2/c12-11(13,14)10(16)15-5-6-17-9-4-2-1-3-8(9)7-15/h1-4H,5-7H2. The largest absolute Gasteiger partial charge is 0.491 e. The maximum atomic E-state index is 12.3. The van der Waals surface area contributed by atoms with Gasteiger partial charge in [0, 0.05) is 12.1 Å². The molecule has 0 saturated heterocycles. The second-order valence-corrected chi connectivity index (χ2v) is 3.68. The van der Waals surface area contributed by atoms with Gasteiger partial charge in [-0.05, 0) is 6.07 Å². The van der Waals surface area contributed by atoms with Crippen LogP contribution in [0.2, 0.25) is 0 Å². The molecule has 0 bridgehead atoms. The third-order valence-electron chi connectivity index (χ3n) is 2.48. The van der Waals surface area contributed by atoms with Gasteiger partial charge in [0.2, 0.25) is 0 Å². The number of nitrogens with zero attached hydrogens (tertiary/aromatic N) is 1. The van der Waals surface area contributed by atoms with Gasteiger partial charge in [-0.3, -0.25) is 4.79 Å². The van der Waals surface area contributed by atoms with Crippen LogP contribution in [0.1, 0.15) is 5.56 Å². The van der Waals surface area contributed by atoms with Crippen LogP contribution in [-0.4, -0.2) is 30.1 Å². The highest BCUT2D eigenvalue weighted by molar-refractivity contribution is 5.82. The third kappa shape index (κ3) is 2.51. The summed E-state index contributed by atoms with van der Waals surface area (Å²) in [6, 6.07) is 6.76. The van der Waals surface area contributed by atoms with Crippen LogP contribution < -0.4 is 4.74 Å². The molecule has 1 aliphatic rings. The lowest BCUT2D eigenvalue weighted by atomic mass is 10.2. The lowest BCUT2D eigenvalue weighted by molar-refractivity contribution is -0.186. The molecule has 1 heterocycles. The van der Waals surface area contributed by atoms with Crippen LogP contribution in [0.25, 0.3) is 0 Å². The zero-order chi connectivity index (χ0) is 12.5. The molecule has 0 N–H and O–H groups in total. The van der Waals surface area contributed by atoms with E-state index in [4.69, 9.17) is 4.74 Å². The minimum absolute atomic E-state index is 0.0625. The van der Waals surface area contributed by atoms with E-state index in [0.29, 0.717) is 11.3 Å². The molecule has 6 heteroatoms. The van der Waals surface area contributed by atoms with E-state index >= 15 is 0 Å². The molecule has 1 aliphatic heterocycles. The fourth-order valence-electron chi connectivity index (χ4n) is 1.68. The molecule has 0 saturated carbocycles. The molecule has 0 atom stereocenters. The number of para-hydroxylation sites is 1. The summed E-state index contributed by atoms with van der Waals surface area (Å²) >= 11 is 0. The van der Waals surface area contributed by atoms with Crippen LogP contribution in [0.4, 0.5) is 13.2 Å². The van der Waals surface area contributed by atoms with Crippen molar-refractivity contribution in [3.05, 3.63) is 29.8 Å². The van der Waals surface area contributed by atoms with Crippen molar-refractivity contribution < 1.29 is 22.7 Å². The summed E-state index contributed by atoms with van der Waals surface area (Å²) in [6.07, 6.45) is -4.83. The monoisotopic (exact) mass is 245 g/mol. The molecule has 17 heavy (non-hydrogen) atoms. The van der Waals surface area contributed by atoms with E-state index in [1.807, 2.05) is 0 Å². The SMILES string of the molecule is O=C(N1CCOc2ccccc2C1)C(F)(F)F. The van der Waals surface area contributed by atoms with E-state index in [9.17, 15) is 18.0 Å². The Hall–Kier alpha value is -1.72. The number of benzene rings is 1. The summed E-state index contributed by atoms with van der Waals surface area (Å²) in [5.41, 5.74) is 0.586. The highest BCUT2D eigenvalue weighted by Crippen LogP contribution is 2.25. The maximum Gasteiger partial charge on any atom is 0.471 e. The first-order valence-electron chi connectivity index (χ1n) is 5.05. The third-order valence-corrected chi connectivity index (χ3v) is 2.48. The number of rotatable bonds is 0. The Morgan fingerprint density at radius 3 is 2.71 bits per heavy atom. The van der Waals surface area contributed by atoms with E-state index in [-0.39, 0.29) is 19.7 Å². The first-order valence-corrected chi connectivity index (χ1v) is 5.05. The van der Waals surface area contributed by atoms with Crippen molar-refractivity contribution in [2.75, 3.05) is 13.2 Å². The second-order valence-electron chi connectivity index (χ2n) is 3.68. The van der Waals surface area contributed by atoms with Gasteiger partial charge < -0.3 is 9.64 Å². The van der Waals surface area contributed by atoms with Gasteiger partial charge in [0.05, 0.1) is 6.54 Å². The molecule has 0 aliphatic carbocycles. The number of hydrogen-bond acceptors (Lipinski definition) is 2. The number of halogens is 3. The Labute approximate surface area is 95.8 Å². The summed E-state index contributed by atoms with van der Waals surface area (Å²) in [4.78, 5) is 11.9. The van der Waals surface area contributed by atoms with Crippen molar-refractivity contribution in [3.8, 4) is 5.75 Å². The highest BCUT2D eigenvalue weighted by atomic mass is 19.4. The molecule has 0 unspecified atom stereocenters. The van der Waals surface area contributed by atoms with Crippen molar-refractivity contribution in [1.29, 1.82) is 0 Å². The maximum absolute atomic E-state index is 12.3. The predicted molar refractivity (Wildman–Crippen MR) is 53.4 cm³/mol. The number of carbonyl (C=O) groups is 1. The van der Waals surface area contributed by atoms with Gasteiger partial charge in [0.25, 0.3) is 0 Å². The van der Waals surface area contributed by atoms with E-state index in [0.717, 1.165) is 4.90 Å². The topological polar surface area (TPSA) is 29.5 Å². The van der Waals surface area contributed by atoms with E-state index < -0.39 is 12.1 Å². The van der Waals surface area contributed by atoms with Gasteiger partial charge in [-0.15, -0.1) is 0 Å². The van der Waals surface area contributed by atoms with E-state index in [2.05, 4.69) is 0 Å². The van der Waals surface area contributed by atoms with Crippen LogP contribution in [0.15, 0.2) is 24.3 Å². The lowest BCUT2D eigenvalue weighted by Crippen LogP contribution is -2.41. The summed E-state index contributed by atoms with van der Waals surface area (Å²) < 4.78 is 42.2. The number of fused-ring (bicyclic) bond motifs is 1. The molecular weight excluding hydrogens is 235 g/mol. The smallest absolute Gasteiger partial charge is 0.471 e. The fourth-order valence-corrected chi connectivity index (χ4v) is 1.68. The average molecular weight is 245 g/mol. The Bertz CT molecular complexity index is 431. The number of hydrogen-bond donors (Lipinski definition) is 0. The van der Waals surface area contributed by atoms with Crippen molar-refractivity contribution in [1.82, 2.24) is 4.90 Å². The number of amides is 1. The van der Waals surface area contributed by atoms with Gasteiger partial charge in [0.15, 0.2) is 0 Å². The summed E-state index contributed by atoms with van der Waals surface area (Å²) in [5, 5.41) is 0. The van der Waals surface area contributed by atoms with Gasteiger partial charge in [0.1, 0.15) is 12.4 Å². The van der Waals surface area contributed by atoms with Crippen LogP contribution in [0.5, 0.6) is 5.75 Å². The average Bonchev–Trinajstić information content (AvgIpc) is 2.48. The predicted octanol–water partition coefficient (Wildman–Crippen LogP) is 1.97. The molecule has 3 nitrogen and oxygen atoms in total. The number of alkyl halides is 3. The van der Waals surface area contributed by atoms with E-state index in [1.165, 1.54) is 0 Å². The molecular formula is C11H10F3NO2. The van der Waals surface area contributed by atoms with Crippen LogP contribution in [-0.2, 0) is 11.3 Å². The Balaban J connectivity index is 2.22. The van der Waals surface area contributed by atoms with Crippen molar-refractivity contribution >= 4 is 5.91 Å². The zero-order valence-corrected chi connectivity index (χ0v) is 8.83. The fraction of sp³-hybridized carbons (Fsp3) is 0.364. The molecule has 0 spiro atoms. The van der Waals surface area contributed by atoms with Gasteiger partial charge in [-0.1, -0.05) is 18.2 Å². The summed E-state index contributed by atoms with van der Waals surface area (Å²) in [6.45, 7) is -0.0691. The number of carbonyl (C=O) groups excluding carboxylic acids is 1. The highest BCUT2D eigenvalue weighted by Gasteiger charge is 2.42. The molecule has 1 amide bonds. The molecule has 1 aromatic rings. The lowest BCUT2D eigenvalue weighted by Gasteiger charge is -2.20. The molecule has 1 aromatic carbocycles. The minimum Gasteiger partial charge on any atom is -0.491 e. The van der Waals surface area contributed by atoms with Crippen LogP contribution >= 0.6 is 0 Å². The zero-order valence-electron chi connectivity index (χ0n) is 8.83. The van der Waals surface area contributed by atoms with Crippen LogP contribution in [0.3, 0.4) is 0 Å². The molecule has 0 radical (unpaired) electrons. The Morgan fingerprint density at radius 2 is 2.00 bits per heavy atom. The van der Waals surface area contributed by atoms with Gasteiger partial charge in [-0.25, -0.2) is 0 Å². The quantitative estimate of drug-likeness (QED) is 0.699. The van der Waals surface area contributed by atoms with Crippen LogP contribution in [0, 0.1) is 0 Å². The van der Waals surface area contributed by atoms with Crippen molar-refractivity contribution in [2.24, 2.45) is 0 Å². The van der Waals surface area contributed by atoms with Crippen molar-refractivity contribution in [2.45, 2.75) is 12.7 Å². The Kier molecular flexibility index (Phi) is 2.95. The molecule has 92 valence electrons. The summed E-state index contributed by atoms with van der Waals surface area (Å²) in [5.74, 6) is -1.29. The first-order chi connectivity index (χ1) is 7.98. The molecule has 2 rings (SSSR count). The van der Waals surface area contributed by atoms with Crippen molar-refractivity contribution in [3.63, 3.8) is 0 Å². The Morgan fingerprint density at radius 1 is 1.29 bits per heavy atom. The first kappa shape index (κ1) is 11.8. The second kappa shape index (κ2) is 4.27. The van der Waals surface area contributed by atoms with E-state index in [1.54, 1.807) is 24.3 Å². The summed E-state index contributed by atoms with van der Waals surface area (Å²) in [7, 11) is 0. The van der Waals surface area contributed by atoms with Gasteiger partial charge in [-0.2, -0.15) is 13.2 Å². The van der Waals surface area contributed by atoms with Gasteiger partial charge >= 0.3 is 12.1 Å².